The molecule has 2 fully saturated rings. The van der Waals surface area contributed by atoms with Gasteiger partial charge >= 0.3 is 0 Å². The molecule has 1 aromatic rings. The molecule has 106 valence electrons. The SMILES string of the molecule is OCC1CCCN(Cc2csc(C3CCCO3)n2)C1. The van der Waals surface area contributed by atoms with E-state index in [4.69, 9.17) is 9.72 Å². The van der Waals surface area contributed by atoms with E-state index in [-0.39, 0.29) is 6.10 Å². The third-order valence-electron chi connectivity index (χ3n) is 4.02. The maximum absolute atomic E-state index is 9.27. The first-order chi connectivity index (χ1) is 9.35. The van der Waals surface area contributed by atoms with E-state index in [1.165, 1.54) is 6.42 Å². The number of aliphatic hydroxyl groups is 1. The standard InChI is InChI=1S/C14H22N2O2S/c17-9-11-3-1-5-16(7-11)8-12-10-19-14(15-12)13-4-2-6-18-13/h10-11,13,17H,1-9H2. The minimum atomic E-state index is 0.241. The summed E-state index contributed by atoms with van der Waals surface area (Å²) in [7, 11) is 0. The first kappa shape index (κ1) is 13.5. The molecule has 2 atom stereocenters. The fraction of sp³-hybridized carbons (Fsp3) is 0.786. The molecule has 0 radical (unpaired) electrons. The Labute approximate surface area is 118 Å². The summed E-state index contributed by atoms with van der Waals surface area (Å²) in [6.45, 7) is 4.24. The van der Waals surface area contributed by atoms with Gasteiger partial charge in [0.25, 0.3) is 0 Å². The third kappa shape index (κ3) is 3.34. The molecule has 0 spiro atoms. The highest BCUT2D eigenvalue weighted by molar-refractivity contribution is 7.09. The van der Waals surface area contributed by atoms with Crippen LogP contribution >= 0.6 is 11.3 Å². The summed E-state index contributed by atoms with van der Waals surface area (Å²) in [5, 5.41) is 12.6. The van der Waals surface area contributed by atoms with Gasteiger partial charge in [0, 0.05) is 31.7 Å². The number of likely N-dealkylation sites (tertiary alicyclic amines) is 1. The van der Waals surface area contributed by atoms with Crippen molar-refractivity contribution in [3.63, 3.8) is 0 Å². The minimum absolute atomic E-state index is 0.241. The Morgan fingerprint density at radius 3 is 3.16 bits per heavy atom. The molecule has 2 unspecified atom stereocenters. The van der Waals surface area contributed by atoms with Crippen molar-refractivity contribution in [3.8, 4) is 0 Å². The second-order valence-corrected chi connectivity index (χ2v) is 6.49. The Kier molecular flexibility index (Phi) is 4.48. The van der Waals surface area contributed by atoms with Crippen molar-refractivity contribution < 1.29 is 9.84 Å². The largest absolute Gasteiger partial charge is 0.396 e. The van der Waals surface area contributed by atoms with Gasteiger partial charge in [0.15, 0.2) is 0 Å². The fourth-order valence-corrected chi connectivity index (χ4v) is 3.88. The number of ether oxygens (including phenoxy) is 1. The molecule has 0 aliphatic carbocycles. The van der Waals surface area contributed by atoms with Gasteiger partial charge in [-0.05, 0) is 38.1 Å². The van der Waals surface area contributed by atoms with Gasteiger partial charge in [0.1, 0.15) is 11.1 Å². The fourth-order valence-electron chi connectivity index (χ4n) is 2.99. The van der Waals surface area contributed by atoms with Gasteiger partial charge in [-0.1, -0.05) is 0 Å². The van der Waals surface area contributed by atoms with E-state index < -0.39 is 0 Å². The topological polar surface area (TPSA) is 45.6 Å². The molecule has 2 aliphatic heterocycles. The summed E-state index contributed by atoms with van der Waals surface area (Å²) in [6.07, 6.45) is 4.86. The number of nitrogens with zero attached hydrogens (tertiary/aromatic N) is 2. The van der Waals surface area contributed by atoms with Crippen LogP contribution in [0.15, 0.2) is 5.38 Å². The average molecular weight is 282 g/mol. The van der Waals surface area contributed by atoms with Crippen LogP contribution in [0, 0.1) is 5.92 Å². The van der Waals surface area contributed by atoms with Crippen LogP contribution in [0.3, 0.4) is 0 Å². The van der Waals surface area contributed by atoms with Crippen LogP contribution in [0.2, 0.25) is 0 Å². The molecule has 0 aromatic carbocycles. The highest BCUT2D eigenvalue weighted by Gasteiger charge is 2.23. The molecule has 0 bridgehead atoms. The second-order valence-electron chi connectivity index (χ2n) is 5.60. The number of rotatable bonds is 4. The maximum atomic E-state index is 9.27. The lowest BCUT2D eigenvalue weighted by Gasteiger charge is -2.31. The van der Waals surface area contributed by atoms with E-state index in [2.05, 4.69) is 10.3 Å². The molecular formula is C14H22N2O2S. The number of hydrogen-bond donors (Lipinski definition) is 1. The Hall–Kier alpha value is -0.490. The van der Waals surface area contributed by atoms with Gasteiger partial charge in [0.05, 0.1) is 5.69 Å². The zero-order valence-corrected chi connectivity index (χ0v) is 12.1. The van der Waals surface area contributed by atoms with E-state index in [0.29, 0.717) is 12.5 Å². The van der Waals surface area contributed by atoms with E-state index in [0.717, 1.165) is 56.2 Å². The summed E-state index contributed by atoms with van der Waals surface area (Å²) < 4.78 is 5.68. The molecule has 0 amide bonds. The van der Waals surface area contributed by atoms with Crippen LogP contribution in [-0.2, 0) is 11.3 Å². The predicted octanol–water partition coefficient (Wildman–Crippen LogP) is 2.20. The van der Waals surface area contributed by atoms with Gasteiger partial charge in [0.2, 0.25) is 0 Å². The lowest BCUT2D eigenvalue weighted by Crippen LogP contribution is -2.36. The number of hydrogen-bond acceptors (Lipinski definition) is 5. The third-order valence-corrected chi connectivity index (χ3v) is 5.01. The van der Waals surface area contributed by atoms with Crippen molar-refractivity contribution in [2.24, 2.45) is 5.92 Å². The van der Waals surface area contributed by atoms with E-state index >= 15 is 0 Å². The Morgan fingerprint density at radius 2 is 2.37 bits per heavy atom. The molecule has 0 saturated carbocycles. The van der Waals surface area contributed by atoms with Crippen LogP contribution in [0.25, 0.3) is 0 Å². The summed E-state index contributed by atoms with van der Waals surface area (Å²) >= 11 is 1.73. The normalized spacial score (nSPS) is 28.9. The van der Waals surface area contributed by atoms with Crippen molar-refractivity contribution in [1.82, 2.24) is 9.88 Å². The molecular weight excluding hydrogens is 260 g/mol. The van der Waals surface area contributed by atoms with Crippen LogP contribution in [0.4, 0.5) is 0 Å². The number of aliphatic hydroxyl groups excluding tert-OH is 1. The Morgan fingerprint density at radius 1 is 1.42 bits per heavy atom. The zero-order valence-electron chi connectivity index (χ0n) is 11.3. The van der Waals surface area contributed by atoms with Crippen LogP contribution in [-0.4, -0.2) is 41.3 Å². The van der Waals surface area contributed by atoms with Gasteiger partial charge < -0.3 is 9.84 Å². The van der Waals surface area contributed by atoms with Gasteiger partial charge in [-0.3, -0.25) is 4.90 Å². The average Bonchev–Trinajstić information content (AvgIpc) is 3.09. The van der Waals surface area contributed by atoms with Crippen molar-refractivity contribution in [3.05, 3.63) is 16.1 Å². The molecule has 19 heavy (non-hydrogen) atoms. The zero-order chi connectivity index (χ0) is 13.1. The van der Waals surface area contributed by atoms with Crippen molar-refractivity contribution in [1.29, 1.82) is 0 Å². The van der Waals surface area contributed by atoms with E-state index in [9.17, 15) is 5.11 Å². The smallest absolute Gasteiger partial charge is 0.122 e. The van der Waals surface area contributed by atoms with Crippen LogP contribution in [0.5, 0.6) is 0 Å². The van der Waals surface area contributed by atoms with Crippen LogP contribution < -0.4 is 0 Å². The summed E-state index contributed by atoms with van der Waals surface area (Å²) in [5.74, 6) is 0.449. The summed E-state index contributed by atoms with van der Waals surface area (Å²) in [5.41, 5.74) is 1.16. The minimum Gasteiger partial charge on any atom is -0.396 e. The Bertz CT molecular complexity index is 404. The van der Waals surface area contributed by atoms with Crippen molar-refractivity contribution in [2.75, 3.05) is 26.3 Å². The molecule has 1 aromatic heterocycles. The lowest BCUT2D eigenvalue weighted by molar-refractivity contribution is 0.109. The quantitative estimate of drug-likeness (QED) is 0.919. The molecule has 2 aliphatic rings. The number of aromatic nitrogens is 1. The van der Waals surface area contributed by atoms with Crippen molar-refractivity contribution >= 4 is 11.3 Å². The predicted molar refractivity (Wildman–Crippen MR) is 75.1 cm³/mol. The highest BCUT2D eigenvalue weighted by Crippen LogP contribution is 2.31. The molecule has 1 N–H and O–H groups in total. The van der Waals surface area contributed by atoms with Gasteiger partial charge in [-0.2, -0.15) is 0 Å². The monoisotopic (exact) mass is 282 g/mol. The lowest BCUT2D eigenvalue weighted by atomic mass is 9.99. The van der Waals surface area contributed by atoms with Crippen molar-refractivity contribution in [2.45, 2.75) is 38.3 Å². The molecule has 3 rings (SSSR count). The maximum Gasteiger partial charge on any atom is 0.122 e. The molecule has 5 heteroatoms. The second kappa shape index (κ2) is 6.31. The van der Waals surface area contributed by atoms with Gasteiger partial charge in [-0.15, -0.1) is 11.3 Å². The molecule has 3 heterocycles. The first-order valence-electron chi connectivity index (χ1n) is 7.24. The van der Waals surface area contributed by atoms with Gasteiger partial charge in [-0.25, -0.2) is 4.98 Å². The summed E-state index contributed by atoms with van der Waals surface area (Å²) in [4.78, 5) is 7.14. The molecule has 4 nitrogen and oxygen atoms in total. The van der Waals surface area contributed by atoms with E-state index in [1.54, 1.807) is 11.3 Å². The highest BCUT2D eigenvalue weighted by atomic mass is 32.1. The van der Waals surface area contributed by atoms with E-state index in [1.807, 2.05) is 0 Å². The van der Waals surface area contributed by atoms with Crippen LogP contribution in [0.1, 0.15) is 42.5 Å². The first-order valence-corrected chi connectivity index (χ1v) is 8.12. The number of piperidine rings is 1. The number of thiazole rings is 1. The molecule has 2 saturated heterocycles. The summed E-state index contributed by atoms with van der Waals surface area (Å²) in [6, 6.07) is 0. The Balaban J connectivity index is 1.57.